The highest BCUT2D eigenvalue weighted by atomic mass is 79.9. The van der Waals surface area contributed by atoms with Crippen LogP contribution in [0.15, 0.2) is 0 Å². The molecule has 0 aliphatic carbocycles. The van der Waals surface area contributed by atoms with E-state index in [0.29, 0.717) is 17.6 Å². The SMILES string of the molecule is CC(C)(C)C(=O)C[N+](C)(C)CC#CCN1CCOCC1.[Br-]. The van der Waals surface area contributed by atoms with E-state index in [4.69, 9.17) is 4.74 Å². The molecule has 0 bridgehead atoms. The maximum absolute atomic E-state index is 12.1. The summed E-state index contributed by atoms with van der Waals surface area (Å²) in [5.74, 6) is 6.72. The summed E-state index contributed by atoms with van der Waals surface area (Å²) in [7, 11) is 4.13. The fourth-order valence-corrected chi connectivity index (χ4v) is 1.88. The molecule has 0 spiro atoms. The predicted molar refractivity (Wildman–Crippen MR) is 81.3 cm³/mol. The highest BCUT2D eigenvalue weighted by Gasteiger charge is 2.28. The minimum absolute atomic E-state index is 0. The van der Waals surface area contributed by atoms with Gasteiger partial charge in [0, 0.05) is 18.5 Å². The summed E-state index contributed by atoms with van der Waals surface area (Å²) in [6, 6.07) is 0. The molecule has 1 rings (SSSR count). The van der Waals surface area contributed by atoms with Crippen molar-refractivity contribution >= 4 is 5.78 Å². The maximum Gasteiger partial charge on any atom is 0.192 e. The Kier molecular flexibility index (Phi) is 8.72. The van der Waals surface area contributed by atoms with Gasteiger partial charge >= 0.3 is 0 Å². The van der Waals surface area contributed by atoms with Crippen molar-refractivity contribution in [1.82, 2.24) is 4.90 Å². The van der Waals surface area contributed by atoms with Crippen molar-refractivity contribution in [1.29, 1.82) is 0 Å². The van der Waals surface area contributed by atoms with E-state index in [9.17, 15) is 4.79 Å². The minimum Gasteiger partial charge on any atom is -1.00 e. The number of morpholine rings is 1. The summed E-state index contributed by atoms with van der Waals surface area (Å²) in [6.45, 7) is 11.5. The van der Waals surface area contributed by atoms with Crippen LogP contribution in [-0.2, 0) is 9.53 Å². The van der Waals surface area contributed by atoms with Crippen molar-refractivity contribution in [2.45, 2.75) is 20.8 Å². The van der Waals surface area contributed by atoms with Gasteiger partial charge in [-0.2, -0.15) is 0 Å². The van der Waals surface area contributed by atoms with E-state index in [1.165, 1.54) is 0 Å². The summed E-state index contributed by atoms with van der Waals surface area (Å²) in [4.78, 5) is 14.4. The Morgan fingerprint density at radius 1 is 1.19 bits per heavy atom. The topological polar surface area (TPSA) is 29.5 Å². The van der Waals surface area contributed by atoms with Gasteiger partial charge in [-0.15, -0.1) is 0 Å². The van der Waals surface area contributed by atoms with Gasteiger partial charge in [0.15, 0.2) is 5.78 Å². The number of quaternary nitrogens is 1. The van der Waals surface area contributed by atoms with Crippen LogP contribution in [0.4, 0.5) is 0 Å². The summed E-state index contributed by atoms with van der Waals surface area (Å²) in [5, 5.41) is 0. The van der Waals surface area contributed by atoms with Crippen LogP contribution in [0, 0.1) is 17.3 Å². The number of ether oxygens (including phenoxy) is 1. The summed E-state index contributed by atoms with van der Waals surface area (Å²) in [6.07, 6.45) is 0. The summed E-state index contributed by atoms with van der Waals surface area (Å²) >= 11 is 0. The number of Topliss-reactive ketones (excluding diaryl/α,β-unsaturated/α-hetero) is 1. The van der Waals surface area contributed by atoms with Crippen molar-refractivity contribution in [2.24, 2.45) is 5.41 Å². The monoisotopic (exact) mass is 360 g/mol. The third kappa shape index (κ3) is 8.57. The average Bonchev–Trinajstić information content (AvgIpc) is 2.34. The normalized spacial score (nSPS) is 16.6. The second kappa shape index (κ2) is 8.89. The molecule has 0 atom stereocenters. The molecule has 0 saturated carbocycles. The van der Waals surface area contributed by atoms with Crippen molar-refractivity contribution in [2.75, 3.05) is 60.0 Å². The van der Waals surface area contributed by atoms with Gasteiger partial charge in [0.25, 0.3) is 0 Å². The Labute approximate surface area is 140 Å². The Morgan fingerprint density at radius 2 is 1.76 bits per heavy atom. The Morgan fingerprint density at radius 3 is 2.29 bits per heavy atom. The molecule has 4 nitrogen and oxygen atoms in total. The first-order chi connectivity index (χ1) is 9.21. The molecule has 122 valence electrons. The molecule has 1 aliphatic rings. The molecule has 0 amide bonds. The van der Waals surface area contributed by atoms with Crippen molar-refractivity contribution in [3.8, 4) is 11.8 Å². The molecule has 1 saturated heterocycles. The zero-order valence-electron chi connectivity index (χ0n) is 14.0. The maximum atomic E-state index is 12.1. The number of hydrogen-bond donors (Lipinski definition) is 0. The van der Waals surface area contributed by atoms with Crippen LogP contribution in [0.2, 0.25) is 0 Å². The molecule has 0 N–H and O–H groups in total. The lowest BCUT2D eigenvalue weighted by Crippen LogP contribution is -3.00. The third-order valence-electron chi connectivity index (χ3n) is 3.45. The molecule has 5 heteroatoms. The van der Waals surface area contributed by atoms with Gasteiger partial charge in [0.2, 0.25) is 0 Å². The van der Waals surface area contributed by atoms with Crippen LogP contribution >= 0.6 is 0 Å². The fraction of sp³-hybridized carbons (Fsp3) is 0.812. The van der Waals surface area contributed by atoms with Gasteiger partial charge in [-0.1, -0.05) is 26.7 Å². The smallest absolute Gasteiger partial charge is 0.192 e. The van der Waals surface area contributed by atoms with Gasteiger partial charge in [-0.05, 0) is 5.92 Å². The van der Waals surface area contributed by atoms with Crippen LogP contribution in [0.5, 0.6) is 0 Å². The van der Waals surface area contributed by atoms with E-state index in [2.05, 4.69) is 30.8 Å². The number of likely N-dealkylation sites (N-methyl/N-ethyl adjacent to an activating group) is 1. The highest BCUT2D eigenvalue weighted by Crippen LogP contribution is 2.16. The molecule has 1 heterocycles. The van der Waals surface area contributed by atoms with Gasteiger partial charge in [0.1, 0.15) is 13.1 Å². The van der Waals surface area contributed by atoms with Gasteiger partial charge in [-0.25, -0.2) is 0 Å². The number of nitrogens with zero attached hydrogens (tertiary/aromatic N) is 2. The Bertz CT molecular complexity index is 385. The first-order valence-electron chi connectivity index (χ1n) is 7.32. The minimum atomic E-state index is -0.267. The van der Waals surface area contributed by atoms with Crippen LogP contribution in [0.3, 0.4) is 0 Å². The quantitative estimate of drug-likeness (QED) is 0.429. The molecule has 21 heavy (non-hydrogen) atoms. The first kappa shape index (κ1) is 20.6. The second-order valence-electron chi connectivity index (χ2n) is 7.17. The van der Waals surface area contributed by atoms with Crippen LogP contribution in [0.25, 0.3) is 0 Å². The molecule has 1 aliphatic heterocycles. The van der Waals surface area contributed by atoms with E-state index in [1.54, 1.807) is 0 Å². The molecule has 0 aromatic carbocycles. The van der Waals surface area contributed by atoms with E-state index in [1.807, 2.05) is 20.8 Å². The standard InChI is InChI=1S/C16H29N2O2.BrH/c1-16(2,3)15(19)14-18(4,5)11-7-6-8-17-9-12-20-13-10-17;/h8-14H2,1-5H3;1H/q+1;/p-1. The molecule has 0 unspecified atom stereocenters. The van der Waals surface area contributed by atoms with E-state index in [-0.39, 0.29) is 28.2 Å². The summed E-state index contributed by atoms with van der Waals surface area (Å²) < 4.78 is 5.94. The molecule has 0 aromatic rings. The van der Waals surface area contributed by atoms with E-state index in [0.717, 1.165) is 32.8 Å². The lowest BCUT2D eigenvalue weighted by atomic mass is 9.90. The zero-order chi connectivity index (χ0) is 15.2. The Balaban J connectivity index is 0.00000400. The number of rotatable bonds is 4. The number of hydrogen-bond acceptors (Lipinski definition) is 3. The fourth-order valence-electron chi connectivity index (χ4n) is 1.88. The highest BCUT2D eigenvalue weighted by molar-refractivity contribution is 5.84. The third-order valence-corrected chi connectivity index (χ3v) is 3.45. The van der Waals surface area contributed by atoms with E-state index >= 15 is 0 Å². The van der Waals surface area contributed by atoms with Gasteiger partial charge in [-0.3, -0.25) is 9.69 Å². The van der Waals surface area contributed by atoms with E-state index < -0.39 is 0 Å². The van der Waals surface area contributed by atoms with Gasteiger partial charge < -0.3 is 26.2 Å². The van der Waals surface area contributed by atoms with Crippen LogP contribution in [-0.4, -0.2) is 75.2 Å². The van der Waals surface area contributed by atoms with Crippen molar-refractivity contribution in [3.63, 3.8) is 0 Å². The van der Waals surface area contributed by atoms with Crippen molar-refractivity contribution in [3.05, 3.63) is 0 Å². The Hall–Kier alpha value is -0.410. The average molecular weight is 361 g/mol. The van der Waals surface area contributed by atoms with Crippen LogP contribution in [0.1, 0.15) is 20.8 Å². The van der Waals surface area contributed by atoms with Crippen LogP contribution < -0.4 is 17.0 Å². The zero-order valence-corrected chi connectivity index (χ0v) is 15.6. The lowest BCUT2D eigenvalue weighted by Gasteiger charge is -2.29. The lowest BCUT2D eigenvalue weighted by molar-refractivity contribution is -0.875. The predicted octanol–water partition coefficient (Wildman–Crippen LogP) is -1.98. The number of ketones is 1. The molecule has 1 fully saturated rings. The number of carbonyl (C=O) groups is 1. The first-order valence-corrected chi connectivity index (χ1v) is 7.32. The largest absolute Gasteiger partial charge is 1.00 e. The van der Waals surface area contributed by atoms with Gasteiger partial charge in [0.05, 0.1) is 33.9 Å². The molecular formula is C16H29BrN2O2. The second-order valence-corrected chi connectivity index (χ2v) is 7.17. The summed E-state index contributed by atoms with van der Waals surface area (Å²) in [5.41, 5.74) is -0.267. The molecular weight excluding hydrogens is 332 g/mol. The molecule has 0 radical (unpaired) electrons. The number of halogens is 1. The van der Waals surface area contributed by atoms with Crippen molar-refractivity contribution < 1.29 is 31.0 Å². The molecule has 0 aromatic heterocycles. The number of carbonyl (C=O) groups excluding carboxylic acids is 1.